The standard InChI is InChI=1S/C9H4Cl3NS/c10-6-2-1-5(3-7(6)11)8-9(12)13-4-14-8/h1-4H. The minimum absolute atomic E-state index is 0.494. The summed E-state index contributed by atoms with van der Waals surface area (Å²) < 4.78 is 0. The second kappa shape index (κ2) is 4.07. The molecule has 1 aromatic carbocycles. The first-order chi connectivity index (χ1) is 6.68. The zero-order chi connectivity index (χ0) is 10.1. The van der Waals surface area contributed by atoms with Gasteiger partial charge in [-0.25, -0.2) is 4.98 Å². The summed E-state index contributed by atoms with van der Waals surface area (Å²) >= 11 is 19.1. The molecule has 1 aromatic heterocycles. The monoisotopic (exact) mass is 263 g/mol. The normalized spacial score (nSPS) is 10.5. The molecule has 0 saturated carbocycles. The van der Waals surface area contributed by atoms with Crippen LogP contribution in [0, 0.1) is 0 Å². The lowest BCUT2D eigenvalue weighted by Gasteiger charge is -2.00. The molecule has 0 aliphatic rings. The van der Waals surface area contributed by atoms with Crippen molar-refractivity contribution in [3.05, 3.63) is 38.9 Å². The van der Waals surface area contributed by atoms with E-state index in [2.05, 4.69) is 4.98 Å². The first-order valence-electron chi connectivity index (χ1n) is 3.73. The van der Waals surface area contributed by atoms with Crippen molar-refractivity contribution in [2.75, 3.05) is 0 Å². The van der Waals surface area contributed by atoms with Crippen molar-refractivity contribution < 1.29 is 0 Å². The van der Waals surface area contributed by atoms with E-state index in [-0.39, 0.29) is 0 Å². The van der Waals surface area contributed by atoms with Gasteiger partial charge in [-0.15, -0.1) is 11.3 Å². The van der Waals surface area contributed by atoms with Crippen LogP contribution in [0.25, 0.3) is 10.4 Å². The Hall–Kier alpha value is -0.280. The molecule has 1 nitrogen and oxygen atoms in total. The molecule has 2 aromatic rings. The molecule has 0 amide bonds. The van der Waals surface area contributed by atoms with Crippen molar-refractivity contribution in [1.29, 1.82) is 0 Å². The van der Waals surface area contributed by atoms with Gasteiger partial charge in [0.1, 0.15) is 5.15 Å². The van der Waals surface area contributed by atoms with Gasteiger partial charge in [0.05, 0.1) is 20.4 Å². The molecule has 14 heavy (non-hydrogen) atoms. The van der Waals surface area contributed by atoms with E-state index in [4.69, 9.17) is 34.8 Å². The Balaban J connectivity index is 2.53. The lowest BCUT2D eigenvalue weighted by molar-refractivity contribution is 1.42. The van der Waals surface area contributed by atoms with Crippen LogP contribution in [0.2, 0.25) is 15.2 Å². The molecular formula is C9H4Cl3NS. The van der Waals surface area contributed by atoms with Crippen LogP contribution < -0.4 is 0 Å². The third-order valence-electron chi connectivity index (χ3n) is 1.71. The van der Waals surface area contributed by atoms with Gasteiger partial charge in [-0.2, -0.15) is 0 Å². The zero-order valence-corrected chi connectivity index (χ0v) is 9.88. The smallest absolute Gasteiger partial charge is 0.147 e. The number of halogens is 3. The van der Waals surface area contributed by atoms with Gasteiger partial charge in [0.15, 0.2) is 0 Å². The Bertz CT molecular complexity index is 467. The summed E-state index contributed by atoms with van der Waals surface area (Å²) in [6.45, 7) is 0. The molecule has 0 saturated heterocycles. The molecule has 0 unspecified atom stereocenters. The van der Waals surface area contributed by atoms with Crippen LogP contribution in [0.15, 0.2) is 23.7 Å². The molecule has 0 radical (unpaired) electrons. The maximum Gasteiger partial charge on any atom is 0.147 e. The summed E-state index contributed by atoms with van der Waals surface area (Å²) in [6.07, 6.45) is 0. The fourth-order valence-corrected chi connectivity index (χ4v) is 2.38. The molecule has 0 bridgehead atoms. The number of thiazole rings is 1. The van der Waals surface area contributed by atoms with Gasteiger partial charge in [0.2, 0.25) is 0 Å². The van der Waals surface area contributed by atoms with Crippen LogP contribution in [-0.4, -0.2) is 4.98 Å². The Morgan fingerprint density at radius 1 is 1.07 bits per heavy atom. The summed E-state index contributed by atoms with van der Waals surface area (Å²) in [5.74, 6) is 0. The van der Waals surface area contributed by atoms with Gasteiger partial charge >= 0.3 is 0 Å². The Morgan fingerprint density at radius 2 is 1.86 bits per heavy atom. The highest BCUT2D eigenvalue weighted by atomic mass is 35.5. The highest BCUT2D eigenvalue weighted by Crippen LogP contribution is 2.34. The van der Waals surface area contributed by atoms with Gasteiger partial charge in [0.25, 0.3) is 0 Å². The highest BCUT2D eigenvalue weighted by molar-refractivity contribution is 7.13. The maximum absolute atomic E-state index is 5.89. The van der Waals surface area contributed by atoms with Crippen LogP contribution >= 0.6 is 46.1 Å². The van der Waals surface area contributed by atoms with E-state index in [1.165, 1.54) is 11.3 Å². The topological polar surface area (TPSA) is 12.9 Å². The minimum Gasteiger partial charge on any atom is -0.232 e. The molecule has 1 heterocycles. The predicted octanol–water partition coefficient (Wildman–Crippen LogP) is 4.77. The van der Waals surface area contributed by atoms with Crippen molar-refractivity contribution >= 4 is 46.1 Å². The van der Waals surface area contributed by atoms with E-state index in [1.807, 2.05) is 6.07 Å². The molecule has 0 atom stereocenters. The largest absolute Gasteiger partial charge is 0.232 e. The van der Waals surface area contributed by atoms with Crippen molar-refractivity contribution in [3.63, 3.8) is 0 Å². The maximum atomic E-state index is 5.89. The van der Waals surface area contributed by atoms with Crippen molar-refractivity contribution in [2.45, 2.75) is 0 Å². The van der Waals surface area contributed by atoms with E-state index in [1.54, 1.807) is 17.6 Å². The minimum atomic E-state index is 0.494. The van der Waals surface area contributed by atoms with Gasteiger partial charge in [-0.3, -0.25) is 0 Å². The number of hydrogen-bond donors (Lipinski definition) is 0. The fraction of sp³-hybridized carbons (Fsp3) is 0. The summed E-state index contributed by atoms with van der Waals surface area (Å²) in [5.41, 5.74) is 2.63. The third kappa shape index (κ3) is 1.89. The fourth-order valence-electron chi connectivity index (χ4n) is 1.06. The second-order valence-corrected chi connectivity index (χ2v) is 4.63. The molecule has 0 fully saturated rings. The SMILES string of the molecule is Clc1ccc(-c2scnc2Cl)cc1Cl. The van der Waals surface area contributed by atoms with Gasteiger partial charge in [-0.05, 0) is 17.7 Å². The lowest BCUT2D eigenvalue weighted by Crippen LogP contribution is -1.75. The average molecular weight is 265 g/mol. The van der Waals surface area contributed by atoms with E-state index in [0.717, 1.165) is 10.4 Å². The number of nitrogens with zero attached hydrogens (tertiary/aromatic N) is 1. The number of benzene rings is 1. The Labute approximate surface area is 100 Å². The molecule has 0 spiro atoms. The van der Waals surface area contributed by atoms with E-state index >= 15 is 0 Å². The van der Waals surface area contributed by atoms with Crippen LogP contribution in [-0.2, 0) is 0 Å². The van der Waals surface area contributed by atoms with Crippen LogP contribution in [0.5, 0.6) is 0 Å². The molecule has 5 heteroatoms. The van der Waals surface area contributed by atoms with Gasteiger partial charge < -0.3 is 0 Å². The highest BCUT2D eigenvalue weighted by Gasteiger charge is 2.07. The summed E-state index contributed by atoms with van der Waals surface area (Å²) in [6, 6.07) is 5.40. The average Bonchev–Trinajstić information content (AvgIpc) is 2.57. The van der Waals surface area contributed by atoms with Crippen LogP contribution in [0.1, 0.15) is 0 Å². The number of rotatable bonds is 1. The molecule has 72 valence electrons. The van der Waals surface area contributed by atoms with Gasteiger partial charge in [0, 0.05) is 0 Å². The molecular weight excluding hydrogens is 261 g/mol. The third-order valence-corrected chi connectivity index (χ3v) is 3.72. The van der Waals surface area contributed by atoms with E-state index in [0.29, 0.717) is 15.2 Å². The lowest BCUT2D eigenvalue weighted by atomic mass is 10.2. The van der Waals surface area contributed by atoms with Crippen LogP contribution in [0.3, 0.4) is 0 Å². The number of hydrogen-bond acceptors (Lipinski definition) is 2. The molecule has 0 N–H and O–H groups in total. The molecule has 0 aliphatic carbocycles. The quantitative estimate of drug-likeness (QED) is 0.723. The van der Waals surface area contributed by atoms with Crippen molar-refractivity contribution in [2.24, 2.45) is 0 Å². The summed E-state index contributed by atoms with van der Waals surface area (Å²) in [5, 5.41) is 1.55. The van der Waals surface area contributed by atoms with Gasteiger partial charge in [-0.1, -0.05) is 40.9 Å². The summed E-state index contributed by atoms with van der Waals surface area (Å²) in [7, 11) is 0. The number of aromatic nitrogens is 1. The zero-order valence-electron chi connectivity index (χ0n) is 6.80. The summed E-state index contributed by atoms with van der Waals surface area (Å²) in [4.78, 5) is 4.86. The first kappa shape index (κ1) is 10.2. The molecule has 0 aliphatic heterocycles. The van der Waals surface area contributed by atoms with Crippen molar-refractivity contribution in [3.8, 4) is 10.4 Å². The van der Waals surface area contributed by atoms with Crippen molar-refractivity contribution in [1.82, 2.24) is 4.98 Å². The Morgan fingerprint density at radius 3 is 2.43 bits per heavy atom. The molecule has 2 rings (SSSR count). The van der Waals surface area contributed by atoms with E-state index < -0.39 is 0 Å². The predicted molar refractivity (Wildman–Crippen MR) is 62.6 cm³/mol. The van der Waals surface area contributed by atoms with E-state index in [9.17, 15) is 0 Å². The van der Waals surface area contributed by atoms with Crippen LogP contribution in [0.4, 0.5) is 0 Å². The first-order valence-corrected chi connectivity index (χ1v) is 5.74. The Kier molecular flexibility index (Phi) is 2.98. The second-order valence-electron chi connectivity index (χ2n) is 2.60.